The average molecular weight is 257 g/mol. The molecular weight excluding hydrogens is 238 g/mol. The Bertz CT molecular complexity index is 473. The van der Waals surface area contributed by atoms with Gasteiger partial charge in [-0.2, -0.15) is 4.31 Å². The van der Waals surface area contributed by atoms with Crippen molar-refractivity contribution in [3.8, 4) is 0 Å². The molecule has 1 aromatic heterocycles. The first-order chi connectivity index (χ1) is 7.95. The van der Waals surface area contributed by atoms with Gasteiger partial charge < -0.3 is 5.73 Å². The first kappa shape index (κ1) is 13.9. The van der Waals surface area contributed by atoms with Crippen LogP contribution >= 0.6 is 0 Å². The lowest BCUT2D eigenvalue weighted by Crippen LogP contribution is -2.38. The molecule has 17 heavy (non-hydrogen) atoms. The van der Waals surface area contributed by atoms with E-state index in [4.69, 9.17) is 5.73 Å². The lowest BCUT2D eigenvalue weighted by Gasteiger charge is -2.26. The Morgan fingerprint density at radius 1 is 1.47 bits per heavy atom. The molecule has 6 heteroatoms. The van der Waals surface area contributed by atoms with Crippen LogP contribution in [0.3, 0.4) is 0 Å². The van der Waals surface area contributed by atoms with Gasteiger partial charge in [0, 0.05) is 18.8 Å². The Kier molecular flexibility index (Phi) is 4.47. The average Bonchev–Trinajstić information content (AvgIpc) is 2.29. The number of sulfonamides is 1. The molecule has 0 aliphatic carbocycles. The minimum absolute atomic E-state index is 0.0502. The van der Waals surface area contributed by atoms with Gasteiger partial charge in [0.2, 0.25) is 10.0 Å². The molecule has 1 rings (SSSR count). The molecule has 0 amide bonds. The second-order valence-electron chi connectivity index (χ2n) is 3.85. The molecule has 0 aliphatic rings. The standard InChI is InChI=1S/C11H19N3O2S/c1-4-9(3)14(5-2)17(15,16)10-7-6-8-13-11(10)12/h6-9H,4-5H2,1-3H3,(H2,12,13). The van der Waals surface area contributed by atoms with Crippen LogP contribution in [0.15, 0.2) is 23.2 Å². The van der Waals surface area contributed by atoms with Crippen LogP contribution in [0.5, 0.6) is 0 Å². The van der Waals surface area contributed by atoms with Crippen molar-refractivity contribution in [3.05, 3.63) is 18.3 Å². The second kappa shape index (κ2) is 5.46. The van der Waals surface area contributed by atoms with Gasteiger partial charge in [-0.15, -0.1) is 0 Å². The second-order valence-corrected chi connectivity index (χ2v) is 5.71. The van der Waals surface area contributed by atoms with Crippen LogP contribution in [-0.4, -0.2) is 30.3 Å². The monoisotopic (exact) mass is 257 g/mol. The minimum atomic E-state index is -3.55. The number of anilines is 1. The summed E-state index contributed by atoms with van der Waals surface area (Å²) in [6.45, 7) is 6.07. The van der Waals surface area contributed by atoms with Gasteiger partial charge in [-0.3, -0.25) is 0 Å². The van der Waals surface area contributed by atoms with E-state index < -0.39 is 10.0 Å². The number of rotatable bonds is 5. The normalized spacial score (nSPS) is 13.9. The van der Waals surface area contributed by atoms with Crippen molar-refractivity contribution in [2.45, 2.75) is 38.1 Å². The van der Waals surface area contributed by atoms with Crippen molar-refractivity contribution < 1.29 is 8.42 Å². The smallest absolute Gasteiger partial charge is 0.246 e. The Morgan fingerprint density at radius 3 is 2.59 bits per heavy atom. The largest absolute Gasteiger partial charge is 0.383 e. The van der Waals surface area contributed by atoms with E-state index in [2.05, 4.69) is 4.98 Å². The summed E-state index contributed by atoms with van der Waals surface area (Å²) >= 11 is 0. The summed E-state index contributed by atoms with van der Waals surface area (Å²) in [5, 5.41) is 0. The van der Waals surface area contributed by atoms with Crippen LogP contribution in [0.1, 0.15) is 27.2 Å². The molecule has 1 unspecified atom stereocenters. The van der Waals surface area contributed by atoms with Crippen LogP contribution in [0.2, 0.25) is 0 Å². The molecule has 0 aromatic carbocycles. The first-order valence-corrected chi connectivity index (χ1v) is 7.11. The maximum atomic E-state index is 12.4. The van der Waals surface area contributed by atoms with Gasteiger partial charge in [-0.1, -0.05) is 13.8 Å². The zero-order valence-electron chi connectivity index (χ0n) is 10.4. The molecule has 1 heterocycles. The third-order valence-electron chi connectivity index (χ3n) is 2.78. The van der Waals surface area contributed by atoms with E-state index in [9.17, 15) is 8.42 Å². The van der Waals surface area contributed by atoms with Gasteiger partial charge in [0.25, 0.3) is 0 Å². The van der Waals surface area contributed by atoms with Gasteiger partial charge in [0.1, 0.15) is 10.7 Å². The van der Waals surface area contributed by atoms with Crippen molar-refractivity contribution >= 4 is 15.8 Å². The predicted molar refractivity (Wildman–Crippen MR) is 68.0 cm³/mol. The van der Waals surface area contributed by atoms with Crippen LogP contribution in [0.25, 0.3) is 0 Å². The molecule has 0 aliphatic heterocycles. The number of hydrogen-bond donors (Lipinski definition) is 1. The molecule has 0 radical (unpaired) electrons. The van der Waals surface area contributed by atoms with Gasteiger partial charge in [-0.05, 0) is 25.5 Å². The molecule has 0 saturated carbocycles. The number of aromatic nitrogens is 1. The third-order valence-corrected chi connectivity index (χ3v) is 4.92. The predicted octanol–water partition coefficient (Wildman–Crippen LogP) is 1.47. The number of pyridine rings is 1. The molecule has 1 atom stereocenters. The zero-order valence-corrected chi connectivity index (χ0v) is 11.2. The highest BCUT2D eigenvalue weighted by Crippen LogP contribution is 2.22. The van der Waals surface area contributed by atoms with Crippen molar-refractivity contribution in [3.63, 3.8) is 0 Å². The van der Waals surface area contributed by atoms with Crippen LogP contribution in [-0.2, 0) is 10.0 Å². The highest BCUT2D eigenvalue weighted by atomic mass is 32.2. The maximum Gasteiger partial charge on any atom is 0.246 e. The molecule has 96 valence electrons. The quantitative estimate of drug-likeness (QED) is 0.866. The summed E-state index contributed by atoms with van der Waals surface area (Å²) in [7, 11) is -3.55. The van der Waals surface area contributed by atoms with E-state index in [1.165, 1.54) is 16.6 Å². The summed E-state index contributed by atoms with van der Waals surface area (Å²) in [4.78, 5) is 3.90. The first-order valence-electron chi connectivity index (χ1n) is 5.67. The maximum absolute atomic E-state index is 12.4. The van der Waals surface area contributed by atoms with E-state index in [0.717, 1.165) is 6.42 Å². The fourth-order valence-electron chi connectivity index (χ4n) is 1.67. The minimum Gasteiger partial charge on any atom is -0.383 e. The Labute approximate surface area is 103 Å². The topological polar surface area (TPSA) is 76.3 Å². The van der Waals surface area contributed by atoms with E-state index in [-0.39, 0.29) is 16.8 Å². The van der Waals surface area contributed by atoms with Crippen molar-refractivity contribution in [1.29, 1.82) is 0 Å². The van der Waals surface area contributed by atoms with Crippen LogP contribution < -0.4 is 5.73 Å². The fourth-order valence-corrected chi connectivity index (χ4v) is 3.45. The lowest BCUT2D eigenvalue weighted by atomic mass is 10.3. The number of nitrogens with two attached hydrogens (primary N) is 1. The highest BCUT2D eigenvalue weighted by Gasteiger charge is 2.28. The summed E-state index contributed by atoms with van der Waals surface area (Å²) in [6.07, 6.45) is 2.24. The van der Waals surface area contributed by atoms with Crippen molar-refractivity contribution in [2.75, 3.05) is 12.3 Å². The number of hydrogen-bond acceptors (Lipinski definition) is 4. The SMILES string of the molecule is CCC(C)N(CC)S(=O)(=O)c1cccnc1N. The molecule has 0 bridgehead atoms. The number of nitrogen functional groups attached to an aromatic ring is 1. The Balaban J connectivity index is 3.23. The fraction of sp³-hybridized carbons (Fsp3) is 0.545. The van der Waals surface area contributed by atoms with Gasteiger partial charge in [0.15, 0.2) is 0 Å². The van der Waals surface area contributed by atoms with Crippen molar-refractivity contribution in [1.82, 2.24) is 9.29 Å². The van der Waals surface area contributed by atoms with Gasteiger partial charge in [0.05, 0.1) is 0 Å². The summed E-state index contributed by atoms with van der Waals surface area (Å²) in [5.41, 5.74) is 5.62. The third kappa shape index (κ3) is 2.76. The van der Waals surface area contributed by atoms with Crippen LogP contribution in [0, 0.1) is 0 Å². The van der Waals surface area contributed by atoms with Gasteiger partial charge >= 0.3 is 0 Å². The summed E-state index contributed by atoms with van der Waals surface area (Å²) in [5.74, 6) is 0.0502. The van der Waals surface area contributed by atoms with Gasteiger partial charge in [-0.25, -0.2) is 13.4 Å². The van der Waals surface area contributed by atoms with Crippen molar-refractivity contribution in [2.24, 2.45) is 0 Å². The lowest BCUT2D eigenvalue weighted by molar-refractivity contribution is 0.342. The summed E-state index contributed by atoms with van der Waals surface area (Å²) in [6, 6.07) is 3.01. The van der Waals surface area contributed by atoms with E-state index in [1.807, 2.05) is 20.8 Å². The molecule has 0 spiro atoms. The molecular formula is C11H19N3O2S. The van der Waals surface area contributed by atoms with E-state index >= 15 is 0 Å². The Hall–Kier alpha value is -1.14. The molecule has 5 nitrogen and oxygen atoms in total. The number of nitrogens with zero attached hydrogens (tertiary/aromatic N) is 2. The zero-order chi connectivity index (χ0) is 13.1. The summed E-state index contributed by atoms with van der Waals surface area (Å²) < 4.78 is 26.2. The van der Waals surface area contributed by atoms with Crippen LogP contribution in [0.4, 0.5) is 5.82 Å². The highest BCUT2D eigenvalue weighted by molar-refractivity contribution is 7.89. The Morgan fingerprint density at radius 2 is 2.12 bits per heavy atom. The van der Waals surface area contributed by atoms with E-state index in [1.54, 1.807) is 6.07 Å². The molecule has 0 fully saturated rings. The molecule has 1 aromatic rings. The van der Waals surface area contributed by atoms with E-state index in [0.29, 0.717) is 6.54 Å². The molecule has 0 saturated heterocycles. The molecule has 2 N–H and O–H groups in total.